The Morgan fingerprint density at radius 2 is 2.11 bits per heavy atom. The highest BCUT2D eigenvalue weighted by atomic mass is 19.1. The lowest BCUT2D eigenvalue weighted by atomic mass is 9.70. The molecule has 2 aromatic rings. The second-order valence-corrected chi connectivity index (χ2v) is 8.39. The number of aromatic nitrogens is 1. The monoisotopic (exact) mass is 371 g/mol. The molecule has 1 saturated heterocycles. The number of nitrogens with zero attached hydrogens (tertiary/aromatic N) is 2. The summed E-state index contributed by atoms with van der Waals surface area (Å²) in [6, 6.07) is 1.38. The zero-order valence-electron chi connectivity index (χ0n) is 15.2. The van der Waals surface area contributed by atoms with Crippen LogP contribution in [0.2, 0.25) is 0 Å². The molecule has 1 aromatic heterocycles. The third-order valence-corrected chi connectivity index (χ3v) is 6.66. The molecule has 1 aliphatic heterocycles. The molecule has 3 N–H and O–H groups in total. The van der Waals surface area contributed by atoms with E-state index >= 15 is 4.39 Å². The summed E-state index contributed by atoms with van der Waals surface area (Å²) < 4.78 is 17.0. The Hall–Kier alpha value is -2.41. The van der Waals surface area contributed by atoms with E-state index in [1.165, 1.54) is 12.3 Å². The van der Waals surface area contributed by atoms with Crippen molar-refractivity contribution in [2.45, 2.75) is 44.2 Å². The van der Waals surface area contributed by atoms with Crippen LogP contribution in [0.5, 0.6) is 0 Å². The highest BCUT2D eigenvalue weighted by Gasteiger charge is 2.50. The van der Waals surface area contributed by atoms with Crippen LogP contribution in [-0.2, 0) is 0 Å². The first kappa shape index (κ1) is 16.7. The van der Waals surface area contributed by atoms with E-state index in [0.29, 0.717) is 29.2 Å². The van der Waals surface area contributed by atoms with Gasteiger partial charge in [-0.05, 0) is 50.2 Å². The Kier molecular flexibility index (Phi) is 3.30. The summed E-state index contributed by atoms with van der Waals surface area (Å²) in [6.45, 7) is 3.16. The van der Waals surface area contributed by atoms with Crippen LogP contribution in [0.3, 0.4) is 0 Å². The summed E-state index contributed by atoms with van der Waals surface area (Å²) in [5, 5.41) is 9.53. The molecule has 3 aliphatic rings. The fraction of sp³-hybridized carbons (Fsp3) is 0.500. The van der Waals surface area contributed by atoms with E-state index in [9.17, 15) is 14.7 Å². The van der Waals surface area contributed by atoms with Gasteiger partial charge < -0.3 is 20.3 Å². The van der Waals surface area contributed by atoms with Gasteiger partial charge in [0.25, 0.3) is 0 Å². The average molecular weight is 371 g/mol. The first-order chi connectivity index (χ1) is 12.8. The number of aryl methyl sites for hydroxylation is 1. The lowest BCUT2D eigenvalue weighted by molar-refractivity contribution is 0.0695. The van der Waals surface area contributed by atoms with Crippen molar-refractivity contribution >= 4 is 22.6 Å². The number of carboxylic acids is 1. The maximum absolute atomic E-state index is 15.1. The predicted molar refractivity (Wildman–Crippen MR) is 100.0 cm³/mol. The van der Waals surface area contributed by atoms with E-state index in [2.05, 4.69) is 0 Å². The highest BCUT2D eigenvalue weighted by molar-refractivity contribution is 5.95. The molecule has 0 spiro atoms. The maximum atomic E-state index is 15.1. The molecule has 27 heavy (non-hydrogen) atoms. The van der Waals surface area contributed by atoms with Gasteiger partial charge in [0.15, 0.2) is 0 Å². The number of rotatable bonds is 3. The van der Waals surface area contributed by atoms with Gasteiger partial charge >= 0.3 is 5.97 Å². The number of halogens is 1. The van der Waals surface area contributed by atoms with Crippen LogP contribution in [0.4, 0.5) is 10.1 Å². The highest BCUT2D eigenvalue weighted by Crippen LogP contribution is 2.46. The number of nitrogens with two attached hydrogens (primary N) is 1. The molecule has 2 atom stereocenters. The smallest absolute Gasteiger partial charge is 0.341 e. The van der Waals surface area contributed by atoms with Crippen molar-refractivity contribution in [1.29, 1.82) is 0 Å². The van der Waals surface area contributed by atoms with Gasteiger partial charge in [0.05, 0.1) is 11.2 Å². The molecule has 2 heterocycles. The minimum absolute atomic E-state index is 0.144. The molecule has 142 valence electrons. The summed E-state index contributed by atoms with van der Waals surface area (Å²) in [5.41, 5.74) is 7.10. The third kappa shape index (κ3) is 2.27. The van der Waals surface area contributed by atoms with Crippen LogP contribution in [0.25, 0.3) is 10.9 Å². The number of pyridine rings is 1. The number of anilines is 1. The predicted octanol–water partition coefficient (Wildman–Crippen LogP) is 2.41. The number of aromatic carboxylic acids is 1. The maximum Gasteiger partial charge on any atom is 0.341 e. The average Bonchev–Trinajstić information content (AvgIpc) is 3.40. The van der Waals surface area contributed by atoms with Gasteiger partial charge in [-0.15, -0.1) is 0 Å². The van der Waals surface area contributed by atoms with Crippen LogP contribution in [0.1, 0.15) is 47.6 Å². The molecule has 6 nitrogen and oxygen atoms in total. The van der Waals surface area contributed by atoms with Gasteiger partial charge in [-0.3, -0.25) is 4.79 Å². The van der Waals surface area contributed by atoms with Crippen molar-refractivity contribution in [3.8, 4) is 0 Å². The van der Waals surface area contributed by atoms with Crippen LogP contribution < -0.4 is 16.1 Å². The molecule has 2 saturated carbocycles. The van der Waals surface area contributed by atoms with Gasteiger partial charge in [0, 0.05) is 36.3 Å². The molecule has 0 bridgehead atoms. The number of benzene rings is 1. The number of hydrogen-bond acceptors (Lipinski definition) is 4. The lowest BCUT2D eigenvalue weighted by Crippen LogP contribution is -2.54. The van der Waals surface area contributed by atoms with Crippen molar-refractivity contribution in [2.24, 2.45) is 11.7 Å². The van der Waals surface area contributed by atoms with E-state index in [1.54, 1.807) is 0 Å². The minimum atomic E-state index is -1.28. The molecule has 3 fully saturated rings. The van der Waals surface area contributed by atoms with Crippen LogP contribution in [0, 0.1) is 18.7 Å². The summed E-state index contributed by atoms with van der Waals surface area (Å²) in [4.78, 5) is 26.2. The molecule has 0 amide bonds. The van der Waals surface area contributed by atoms with Crippen LogP contribution in [0.15, 0.2) is 17.1 Å². The van der Waals surface area contributed by atoms with Crippen LogP contribution in [-0.4, -0.2) is 34.3 Å². The largest absolute Gasteiger partial charge is 0.477 e. The molecular formula is C20H22FN3O3. The van der Waals surface area contributed by atoms with Gasteiger partial charge in [0.2, 0.25) is 5.43 Å². The lowest BCUT2D eigenvalue weighted by Gasteiger charge is -2.40. The molecule has 2 aliphatic carbocycles. The Balaban J connectivity index is 1.75. The van der Waals surface area contributed by atoms with Crippen LogP contribution >= 0.6 is 0 Å². The second-order valence-electron chi connectivity index (χ2n) is 8.39. The molecule has 5 rings (SSSR count). The van der Waals surface area contributed by atoms with Gasteiger partial charge in [0.1, 0.15) is 11.4 Å². The summed E-state index contributed by atoms with van der Waals surface area (Å²) in [7, 11) is 0. The first-order valence-electron chi connectivity index (χ1n) is 9.45. The molecule has 7 heteroatoms. The quantitative estimate of drug-likeness (QED) is 0.865. The Bertz CT molecular complexity index is 1060. The third-order valence-electron chi connectivity index (χ3n) is 6.66. The Morgan fingerprint density at radius 3 is 2.63 bits per heavy atom. The zero-order valence-corrected chi connectivity index (χ0v) is 15.2. The van der Waals surface area contributed by atoms with Gasteiger partial charge in [-0.25, -0.2) is 9.18 Å². The van der Waals surface area contributed by atoms with E-state index in [-0.39, 0.29) is 22.5 Å². The standard InChI is InChI=1S/C20H22FN3O3/c1-10-16-13(18(25)14(19(26)27)8-24(16)12-2-3-12)6-15(21)17(10)23-7-11-4-5-20(11,22)9-23/h6,8,11-12H,2-5,7,9,22H2,1H3,(H,26,27). The summed E-state index contributed by atoms with van der Waals surface area (Å²) in [5.74, 6) is -1.38. The normalized spacial score (nSPS) is 26.9. The van der Waals surface area contributed by atoms with Gasteiger partial charge in [-0.2, -0.15) is 0 Å². The summed E-state index contributed by atoms with van der Waals surface area (Å²) in [6.07, 6.45) is 5.31. The SMILES string of the molecule is Cc1c(N2CC3CCC3(N)C2)c(F)cc2c(=O)c(C(=O)O)cn(C3CC3)c12. The number of hydrogen-bond donors (Lipinski definition) is 2. The van der Waals surface area contributed by atoms with Crippen molar-refractivity contribution in [3.05, 3.63) is 39.4 Å². The minimum Gasteiger partial charge on any atom is -0.477 e. The van der Waals surface area contributed by atoms with Crippen molar-refractivity contribution in [2.75, 3.05) is 18.0 Å². The Morgan fingerprint density at radius 1 is 1.37 bits per heavy atom. The van der Waals surface area contributed by atoms with E-state index in [0.717, 1.165) is 32.2 Å². The fourth-order valence-electron chi connectivity index (χ4n) is 4.91. The number of fused-ring (bicyclic) bond motifs is 2. The molecule has 1 aromatic carbocycles. The second kappa shape index (κ2) is 5.32. The molecule has 2 unspecified atom stereocenters. The first-order valence-corrected chi connectivity index (χ1v) is 9.45. The van der Waals surface area contributed by atoms with Gasteiger partial charge in [-0.1, -0.05) is 0 Å². The number of carboxylic acid groups (broad SMARTS) is 1. The van der Waals surface area contributed by atoms with E-state index < -0.39 is 17.2 Å². The van der Waals surface area contributed by atoms with Crippen molar-refractivity contribution in [1.82, 2.24) is 4.57 Å². The summed E-state index contributed by atoms with van der Waals surface area (Å²) >= 11 is 0. The number of carbonyl (C=O) groups is 1. The van der Waals surface area contributed by atoms with Crippen molar-refractivity contribution < 1.29 is 14.3 Å². The van der Waals surface area contributed by atoms with E-state index in [4.69, 9.17) is 5.73 Å². The topological polar surface area (TPSA) is 88.6 Å². The Labute approximate surface area is 155 Å². The zero-order chi connectivity index (χ0) is 19.1. The van der Waals surface area contributed by atoms with Crippen molar-refractivity contribution in [3.63, 3.8) is 0 Å². The molecule has 0 radical (unpaired) electrons. The van der Waals surface area contributed by atoms with E-state index in [1.807, 2.05) is 16.4 Å². The fourth-order valence-corrected chi connectivity index (χ4v) is 4.91. The molecular weight excluding hydrogens is 349 g/mol.